The third-order valence-electron chi connectivity index (χ3n) is 2.30. The van der Waals surface area contributed by atoms with Gasteiger partial charge in [-0.25, -0.2) is 0 Å². The fourth-order valence-electron chi connectivity index (χ4n) is 1.47. The zero-order valence-electron chi connectivity index (χ0n) is 9.20. The Morgan fingerprint density at radius 3 is 2.94 bits per heavy atom. The van der Waals surface area contributed by atoms with Gasteiger partial charge in [0, 0.05) is 17.1 Å². The van der Waals surface area contributed by atoms with Gasteiger partial charge in [-0.2, -0.15) is 5.26 Å². The summed E-state index contributed by atoms with van der Waals surface area (Å²) >= 11 is 3.38. The van der Waals surface area contributed by atoms with Gasteiger partial charge in [0.2, 0.25) is 0 Å². The first-order valence-electron chi connectivity index (χ1n) is 5.24. The number of hydrogen-bond acceptors (Lipinski definition) is 3. The van der Waals surface area contributed by atoms with Crippen molar-refractivity contribution < 1.29 is 5.11 Å². The second kappa shape index (κ2) is 6.51. The Kier molecular flexibility index (Phi) is 5.30. The van der Waals surface area contributed by atoms with E-state index in [9.17, 15) is 0 Å². The summed E-state index contributed by atoms with van der Waals surface area (Å²) in [5.74, 6) is 0. The zero-order valence-corrected chi connectivity index (χ0v) is 10.8. The maximum absolute atomic E-state index is 8.95. The minimum Gasteiger partial charge on any atom is -0.396 e. The van der Waals surface area contributed by atoms with Crippen LogP contribution in [-0.2, 0) is 0 Å². The summed E-state index contributed by atoms with van der Waals surface area (Å²) < 4.78 is 0.948. The maximum atomic E-state index is 8.95. The zero-order chi connectivity index (χ0) is 12.0. The number of nitrogens with one attached hydrogen (secondary N) is 1. The van der Waals surface area contributed by atoms with E-state index < -0.39 is 0 Å². The lowest BCUT2D eigenvalue weighted by molar-refractivity contribution is 0.282. The molecule has 1 rings (SSSR count). The number of hydrogen-bond donors (Lipinski definition) is 2. The van der Waals surface area contributed by atoms with Gasteiger partial charge in [-0.05, 0) is 38.0 Å². The quantitative estimate of drug-likeness (QED) is 0.873. The molecule has 1 unspecified atom stereocenters. The predicted octanol–water partition coefficient (Wildman–Crippen LogP) is 2.89. The molecule has 2 N–H and O–H groups in total. The lowest BCUT2D eigenvalue weighted by atomic mass is 10.1. The molecule has 0 spiro atoms. The summed E-state index contributed by atoms with van der Waals surface area (Å²) in [7, 11) is 0. The van der Waals surface area contributed by atoms with E-state index in [0.29, 0.717) is 5.56 Å². The number of nitrogens with zero attached hydrogens (tertiary/aromatic N) is 1. The maximum Gasteiger partial charge on any atom is 0.101 e. The van der Waals surface area contributed by atoms with Crippen molar-refractivity contribution in [3.63, 3.8) is 0 Å². The Hall–Kier alpha value is -1.05. The highest BCUT2D eigenvalue weighted by molar-refractivity contribution is 9.10. The molecule has 3 nitrogen and oxygen atoms in total. The van der Waals surface area contributed by atoms with Crippen LogP contribution in [0.2, 0.25) is 0 Å². The number of nitriles is 1. The van der Waals surface area contributed by atoms with Crippen molar-refractivity contribution in [2.24, 2.45) is 0 Å². The van der Waals surface area contributed by atoms with E-state index >= 15 is 0 Å². The molecular formula is C12H15BrN2O. The fourth-order valence-corrected chi connectivity index (χ4v) is 1.83. The minimum absolute atomic E-state index is 0.204. The van der Waals surface area contributed by atoms with Gasteiger partial charge in [0.25, 0.3) is 0 Å². The topological polar surface area (TPSA) is 56.0 Å². The van der Waals surface area contributed by atoms with E-state index in [-0.39, 0.29) is 12.6 Å². The molecule has 0 fully saturated rings. The molecule has 1 aromatic rings. The molecule has 0 aromatic heterocycles. The molecule has 0 heterocycles. The number of aliphatic hydroxyl groups is 1. The third-order valence-corrected chi connectivity index (χ3v) is 2.79. The Labute approximate surface area is 104 Å². The molecule has 16 heavy (non-hydrogen) atoms. The summed E-state index contributed by atoms with van der Waals surface area (Å²) in [6, 6.07) is 7.92. The average molecular weight is 283 g/mol. The van der Waals surface area contributed by atoms with Crippen LogP contribution < -0.4 is 5.32 Å². The average Bonchev–Trinajstić information content (AvgIpc) is 2.27. The van der Waals surface area contributed by atoms with Crippen LogP contribution >= 0.6 is 15.9 Å². The van der Waals surface area contributed by atoms with Gasteiger partial charge in [-0.3, -0.25) is 0 Å². The molecule has 1 atom stereocenters. The van der Waals surface area contributed by atoms with Crippen LogP contribution in [0.1, 0.15) is 25.3 Å². The van der Waals surface area contributed by atoms with E-state index in [4.69, 9.17) is 10.4 Å². The molecule has 0 aliphatic carbocycles. The molecule has 0 saturated carbocycles. The van der Waals surface area contributed by atoms with Crippen molar-refractivity contribution in [3.8, 4) is 6.07 Å². The third kappa shape index (κ3) is 3.84. The summed E-state index contributed by atoms with van der Waals surface area (Å²) in [5, 5.41) is 21.0. The monoisotopic (exact) mass is 282 g/mol. The smallest absolute Gasteiger partial charge is 0.101 e. The van der Waals surface area contributed by atoms with Crippen molar-refractivity contribution in [2.75, 3.05) is 11.9 Å². The second-order valence-electron chi connectivity index (χ2n) is 3.71. The van der Waals surface area contributed by atoms with Crippen LogP contribution in [-0.4, -0.2) is 17.8 Å². The Bertz CT molecular complexity index is 387. The first-order chi connectivity index (χ1) is 7.67. The highest BCUT2D eigenvalue weighted by atomic mass is 79.9. The molecule has 0 bridgehead atoms. The van der Waals surface area contributed by atoms with Crippen LogP contribution in [0.25, 0.3) is 0 Å². The van der Waals surface area contributed by atoms with E-state index in [0.717, 1.165) is 23.0 Å². The van der Waals surface area contributed by atoms with Crippen LogP contribution in [0, 0.1) is 11.3 Å². The van der Waals surface area contributed by atoms with Gasteiger partial charge >= 0.3 is 0 Å². The van der Waals surface area contributed by atoms with E-state index in [1.807, 2.05) is 19.1 Å². The second-order valence-corrected chi connectivity index (χ2v) is 4.63. The lowest BCUT2D eigenvalue weighted by Gasteiger charge is -2.15. The van der Waals surface area contributed by atoms with Crippen molar-refractivity contribution >= 4 is 21.6 Å². The van der Waals surface area contributed by atoms with Crippen LogP contribution in [0.4, 0.5) is 5.69 Å². The van der Waals surface area contributed by atoms with Crippen LogP contribution in [0.15, 0.2) is 22.7 Å². The summed E-state index contributed by atoms with van der Waals surface area (Å²) in [5.41, 5.74) is 1.47. The minimum atomic E-state index is 0.204. The standard InChI is InChI=1S/C12H15BrN2O/c1-9(3-2-6-16)15-12-7-11(13)5-4-10(12)8-14/h4-5,7,9,15-16H,2-3,6H2,1H3. The summed E-state index contributed by atoms with van der Waals surface area (Å²) in [6.07, 6.45) is 1.65. The first-order valence-corrected chi connectivity index (χ1v) is 6.03. The van der Waals surface area contributed by atoms with Crippen molar-refractivity contribution in [1.82, 2.24) is 0 Å². The van der Waals surface area contributed by atoms with Crippen LogP contribution in [0.3, 0.4) is 0 Å². The molecule has 0 aliphatic rings. The van der Waals surface area contributed by atoms with Crippen molar-refractivity contribution in [2.45, 2.75) is 25.8 Å². The highest BCUT2D eigenvalue weighted by Crippen LogP contribution is 2.22. The van der Waals surface area contributed by atoms with Crippen molar-refractivity contribution in [3.05, 3.63) is 28.2 Å². The fraction of sp³-hybridized carbons (Fsp3) is 0.417. The largest absolute Gasteiger partial charge is 0.396 e. The number of rotatable bonds is 5. The number of aliphatic hydroxyl groups excluding tert-OH is 1. The van der Waals surface area contributed by atoms with Crippen LogP contribution in [0.5, 0.6) is 0 Å². The molecule has 0 aliphatic heterocycles. The SMILES string of the molecule is CC(CCCO)Nc1cc(Br)ccc1C#N. The van der Waals surface area contributed by atoms with Gasteiger partial charge in [-0.1, -0.05) is 15.9 Å². The van der Waals surface area contributed by atoms with Gasteiger partial charge in [0.15, 0.2) is 0 Å². The van der Waals surface area contributed by atoms with E-state index in [2.05, 4.69) is 27.3 Å². The Morgan fingerprint density at radius 1 is 1.56 bits per heavy atom. The summed E-state index contributed by atoms with van der Waals surface area (Å²) in [4.78, 5) is 0. The molecule has 4 heteroatoms. The van der Waals surface area contributed by atoms with Crippen molar-refractivity contribution in [1.29, 1.82) is 5.26 Å². The molecule has 0 saturated heterocycles. The first kappa shape index (κ1) is 13.0. The van der Waals surface area contributed by atoms with Gasteiger partial charge in [-0.15, -0.1) is 0 Å². The molecule has 1 aromatic carbocycles. The predicted molar refractivity (Wildman–Crippen MR) is 68.3 cm³/mol. The lowest BCUT2D eigenvalue weighted by Crippen LogP contribution is -2.16. The number of benzene rings is 1. The molecule has 0 amide bonds. The van der Waals surface area contributed by atoms with Gasteiger partial charge in [0.1, 0.15) is 6.07 Å². The Balaban J connectivity index is 2.72. The highest BCUT2D eigenvalue weighted by Gasteiger charge is 2.06. The normalized spacial score (nSPS) is 11.9. The number of halogens is 1. The van der Waals surface area contributed by atoms with E-state index in [1.54, 1.807) is 6.07 Å². The van der Waals surface area contributed by atoms with Gasteiger partial charge in [0.05, 0.1) is 11.3 Å². The van der Waals surface area contributed by atoms with Gasteiger partial charge < -0.3 is 10.4 Å². The Morgan fingerprint density at radius 2 is 2.31 bits per heavy atom. The summed E-state index contributed by atoms with van der Waals surface area (Å²) in [6.45, 7) is 2.24. The van der Waals surface area contributed by atoms with E-state index in [1.165, 1.54) is 0 Å². The molecule has 0 radical (unpaired) electrons. The number of anilines is 1. The molecule has 86 valence electrons. The molecular weight excluding hydrogens is 268 g/mol.